The summed E-state index contributed by atoms with van der Waals surface area (Å²) >= 11 is 0.929. The van der Waals surface area contributed by atoms with Crippen molar-refractivity contribution in [3.63, 3.8) is 0 Å². The molecule has 0 aliphatic carbocycles. The Morgan fingerprint density at radius 2 is 2.06 bits per heavy atom. The summed E-state index contributed by atoms with van der Waals surface area (Å²) in [6, 6.07) is 9.36. The molecule has 0 aliphatic rings. The van der Waals surface area contributed by atoms with Crippen molar-refractivity contribution < 1.29 is 14.6 Å². The second-order valence-electron chi connectivity index (χ2n) is 3.06. The number of hydrogen-bond donors (Lipinski definition) is 1. The summed E-state index contributed by atoms with van der Waals surface area (Å²) in [7, 11) is 1.45. The minimum absolute atomic E-state index is 0.126. The second kappa shape index (κ2) is 4.32. The molecule has 1 heterocycles. The Bertz CT molecular complexity index is 507. The number of ether oxygens (including phenoxy) is 1. The summed E-state index contributed by atoms with van der Waals surface area (Å²) < 4.78 is 9.21. The van der Waals surface area contributed by atoms with Crippen molar-refractivity contribution in [1.29, 1.82) is 0 Å². The Hall–Kier alpha value is -1.88. The van der Waals surface area contributed by atoms with Crippen LogP contribution in [0.4, 0.5) is 0 Å². The van der Waals surface area contributed by atoms with Crippen LogP contribution in [0.25, 0.3) is 11.3 Å². The first kappa shape index (κ1) is 10.6. The average Bonchev–Trinajstić information content (AvgIpc) is 2.73. The summed E-state index contributed by atoms with van der Waals surface area (Å²) in [5.41, 5.74) is 1.42. The molecule has 0 spiro atoms. The van der Waals surface area contributed by atoms with E-state index in [0.717, 1.165) is 17.1 Å². The Kier molecular flexibility index (Phi) is 2.87. The van der Waals surface area contributed by atoms with Crippen LogP contribution in [0.1, 0.15) is 9.67 Å². The zero-order chi connectivity index (χ0) is 11.5. The van der Waals surface area contributed by atoms with Gasteiger partial charge in [0.2, 0.25) is 0 Å². The van der Waals surface area contributed by atoms with E-state index in [-0.39, 0.29) is 4.88 Å². The molecule has 0 atom stereocenters. The van der Waals surface area contributed by atoms with Crippen molar-refractivity contribution in [2.45, 2.75) is 0 Å². The fourth-order valence-electron chi connectivity index (χ4n) is 1.39. The minimum atomic E-state index is -1.02. The molecular weight excluding hydrogens is 226 g/mol. The number of aromatic carboxylic acids is 1. The summed E-state index contributed by atoms with van der Waals surface area (Å²) in [4.78, 5) is 11.0. The van der Waals surface area contributed by atoms with Crippen LogP contribution in [0.3, 0.4) is 0 Å². The van der Waals surface area contributed by atoms with Gasteiger partial charge < -0.3 is 9.84 Å². The minimum Gasteiger partial charge on any atom is -0.493 e. The lowest BCUT2D eigenvalue weighted by atomic mass is 10.1. The molecule has 1 aromatic heterocycles. The molecule has 82 valence electrons. The van der Waals surface area contributed by atoms with E-state index in [2.05, 4.69) is 4.37 Å². The summed E-state index contributed by atoms with van der Waals surface area (Å²) in [5, 5.41) is 8.95. The molecule has 2 rings (SSSR count). The third-order valence-electron chi connectivity index (χ3n) is 2.10. The molecule has 4 nitrogen and oxygen atoms in total. The van der Waals surface area contributed by atoms with Gasteiger partial charge in [0, 0.05) is 5.56 Å². The topological polar surface area (TPSA) is 59.4 Å². The van der Waals surface area contributed by atoms with Crippen LogP contribution in [0.15, 0.2) is 30.3 Å². The standard InChI is InChI=1S/C11H9NO3S/c1-15-9-8(7-5-3-2-4-6-7)12-16-10(9)11(13)14/h2-6H,1H3,(H,13,14). The van der Waals surface area contributed by atoms with Gasteiger partial charge in [-0.25, -0.2) is 4.79 Å². The average molecular weight is 235 g/mol. The lowest BCUT2D eigenvalue weighted by molar-refractivity contribution is 0.0699. The van der Waals surface area contributed by atoms with Crippen LogP contribution < -0.4 is 4.74 Å². The number of carboxylic acids is 1. The van der Waals surface area contributed by atoms with Crippen molar-refractivity contribution in [2.75, 3.05) is 7.11 Å². The van der Waals surface area contributed by atoms with Crippen molar-refractivity contribution in [3.05, 3.63) is 35.2 Å². The second-order valence-corrected chi connectivity index (χ2v) is 3.84. The van der Waals surface area contributed by atoms with E-state index in [1.165, 1.54) is 7.11 Å². The van der Waals surface area contributed by atoms with Crippen molar-refractivity contribution in [3.8, 4) is 17.0 Å². The molecule has 0 saturated heterocycles. The van der Waals surface area contributed by atoms with Crippen LogP contribution in [0, 0.1) is 0 Å². The van der Waals surface area contributed by atoms with Gasteiger partial charge in [-0.1, -0.05) is 30.3 Å². The summed E-state index contributed by atoms with van der Waals surface area (Å²) in [6.45, 7) is 0. The Morgan fingerprint density at radius 1 is 1.38 bits per heavy atom. The maximum atomic E-state index is 10.9. The quantitative estimate of drug-likeness (QED) is 0.888. The zero-order valence-electron chi connectivity index (χ0n) is 8.51. The van der Waals surface area contributed by atoms with E-state index in [4.69, 9.17) is 9.84 Å². The Labute approximate surface area is 96.3 Å². The number of carbonyl (C=O) groups is 1. The molecule has 5 heteroatoms. The highest BCUT2D eigenvalue weighted by Crippen LogP contribution is 2.34. The van der Waals surface area contributed by atoms with Gasteiger partial charge in [0.25, 0.3) is 0 Å². The Balaban J connectivity index is 2.54. The lowest BCUT2D eigenvalue weighted by Gasteiger charge is -2.01. The van der Waals surface area contributed by atoms with Gasteiger partial charge in [0.15, 0.2) is 10.6 Å². The molecule has 2 aromatic rings. The van der Waals surface area contributed by atoms with Gasteiger partial charge in [0.05, 0.1) is 7.11 Å². The highest BCUT2D eigenvalue weighted by atomic mass is 32.1. The van der Waals surface area contributed by atoms with E-state index >= 15 is 0 Å². The molecule has 0 bridgehead atoms. The fraction of sp³-hybridized carbons (Fsp3) is 0.0909. The first-order chi connectivity index (χ1) is 7.74. The Morgan fingerprint density at radius 3 is 2.62 bits per heavy atom. The van der Waals surface area contributed by atoms with Crippen LogP contribution >= 0.6 is 11.5 Å². The van der Waals surface area contributed by atoms with E-state index < -0.39 is 5.97 Å². The number of carboxylic acid groups (broad SMARTS) is 1. The van der Waals surface area contributed by atoms with Crippen molar-refractivity contribution >= 4 is 17.5 Å². The van der Waals surface area contributed by atoms with E-state index in [9.17, 15) is 4.79 Å². The van der Waals surface area contributed by atoms with Gasteiger partial charge >= 0.3 is 5.97 Å². The molecule has 0 amide bonds. The van der Waals surface area contributed by atoms with Crippen LogP contribution in [-0.4, -0.2) is 22.6 Å². The zero-order valence-corrected chi connectivity index (χ0v) is 9.32. The monoisotopic (exact) mass is 235 g/mol. The highest BCUT2D eigenvalue weighted by Gasteiger charge is 2.20. The maximum absolute atomic E-state index is 10.9. The third-order valence-corrected chi connectivity index (χ3v) is 2.91. The molecule has 1 aromatic carbocycles. The SMILES string of the molecule is COc1c(-c2ccccc2)nsc1C(=O)O. The molecule has 1 N–H and O–H groups in total. The number of methoxy groups -OCH3 is 1. The number of benzene rings is 1. The lowest BCUT2D eigenvalue weighted by Crippen LogP contribution is -1.96. The first-order valence-electron chi connectivity index (χ1n) is 4.56. The van der Waals surface area contributed by atoms with Gasteiger partial charge in [-0.15, -0.1) is 0 Å². The normalized spacial score (nSPS) is 10.1. The smallest absolute Gasteiger partial charge is 0.351 e. The predicted octanol–water partition coefficient (Wildman–Crippen LogP) is 2.52. The largest absolute Gasteiger partial charge is 0.493 e. The highest BCUT2D eigenvalue weighted by molar-refractivity contribution is 7.08. The number of rotatable bonds is 3. The molecule has 0 aliphatic heterocycles. The van der Waals surface area contributed by atoms with Crippen LogP contribution in [0.5, 0.6) is 5.75 Å². The number of aromatic nitrogens is 1. The molecule has 0 fully saturated rings. The van der Waals surface area contributed by atoms with E-state index in [1.807, 2.05) is 30.3 Å². The third kappa shape index (κ3) is 1.77. The van der Waals surface area contributed by atoms with E-state index in [1.54, 1.807) is 0 Å². The molecular formula is C11H9NO3S. The molecule has 0 unspecified atom stereocenters. The molecule has 16 heavy (non-hydrogen) atoms. The van der Waals surface area contributed by atoms with Crippen molar-refractivity contribution in [2.24, 2.45) is 0 Å². The molecule has 0 saturated carbocycles. The van der Waals surface area contributed by atoms with E-state index in [0.29, 0.717) is 11.4 Å². The van der Waals surface area contributed by atoms with Gasteiger partial charge in [-0.3, -0.25) is 0 Å². The number of nitrogens with zero attached hydrogens (tertiary/aromatic N) is 1. The predicted molar refractivity (Wildman–Crippen MR) is 61.1 cm³/mol. The van der Waals surface area contributed by atoms with Gasteiger partial charge in [-0.2, -0.15) is 4.37 Å². The molecule has 0 radical (unpaired) electrons. The van der Waals surface area contributed by atoms with Gasteiger partial charge in [-0.05, 0) is 11.5 Å². The first-order valence-corrected chi connectivity index (χ1v) is 5.33. The number of hydrogen-bond acceptors (Lipinski definition) is 4. The maximum Gasteiger partial charge on any atom is 0.351 e. The van der Waals surface area contributed by atoms with Crippen molar-refractivity contribution in [1.82, 2.24) is 4.37 Å². The van der Waals surface area contributed by atoms with Gasteiger partial charge in [0.1, 0.15) is 5.69 Å². The van der Waals surface area contributed by atoms with Crippen LogP contribution in [-0.2, 0) is 0 Å². The summed E-state index contributed by atoms with van der Waals surface area (Å²) in [6.07, 6.45) is 0. The van der Waals surface area contributed by atoms with Crippen LogP contribution in [0.2, 0.25) is 0 Å². The summed E-state index contributed by atoms with van der Waals surface area (Å²) in [5.74, 6) is -0.694. The fourth-order valence-corrected chi connectivity index (χ4v) is 2.10.